The number of rotatable bonds is 7. The van der Waals surface area contributed by atoms with E-state index >= 15 is 0 Å². The van der Waals surface area contributed by atoms with Gasteiger partial charge in [-0.15, -0.1) is 0 Å². The van der Waals surface area contributed by atoms with Crippen molar-refractivity contribution in [2.75, 3.05) is 0 Å². The Bertz CT molecular complexity index is 1190. The van der Waals surface area contributed by atoms with Crippen molar-refractivity contribution in [3.63, 3.8) is 0 Å². The predicted octanol–water partition coefficient (Wildman–Crippen LogP) is 3.11. The second-order valence-corrected chi connectivity index (χ2v) is 10.2. The second kappa shape index (κ2) is 8.96. The maximum atomic E-state index is 13.2. The molecule has 1 aliphatic rings. The van der Waals surface area contributed by atoms with Gasteiger partial charge in [0.2, 0.25) is 5.91 Å². The summed E-state index contributed by atoms with van der Waals surface area (Å²) in [5.41, 5.74) is 0.0454. The zero-order valence-electron chi connectivity index (χ0n) is 17.4. The van der Waals surface area contributed by atoms with Crippen LogP contribution in [0.5, 0.6) is 0 Å². The van der Waals surface area contributed by atoms with Crippen molar-refractivity contribution >= 4 is 21.7 Å². The Morgan fingerprint density at radius 1 is 0.812 bits per heavy atom. The first kappa shape index (κ1) is 21.8. The molecule has 4 rings (SSSR count). The van der Waals surface area contributed by atoms with Crippen molar-refractivity contribution in [3.05, 3.63) is 102 Å². The van der Waals surface area contributed by atoms with Crippen LogP contribution in [0.4, 0.5) is 0 Å². The van der Waals surface area contributed by atoms with Crippen LogP contribution in [0.2, 0.25) is 0 Å². The lowest BCUT2D eigenvalue weighted by atomic mass is 9.75. The van der Waals surface area contributed by atoms with Gasteiger partial charge in [0, 0.05) is 12.1 Å². The molecular weight excluding hydrogens is 424 g/mol. The van der Waals surface area contributed by atoms with Crippen LogP contribution in [0.15, 0.2) is 95.9 Å². The summed E-state index contributed by atoms with van der Waals surface area (Å²) >= 11 is 0. The number of amides is 2. The molecule has 164 valence electrons. The number of benzene rings is 3. The molecule has 0 bridgehead atoms. The van der Waals surface area contributed by atoms with Crippen LogP contribution in [0.1, 0.15) is 28.8 Å². The van der Waals surface area contributed by atoms with Crippen LogP contribution in [0, 0.1) is 0 Å². The first-order valence-corrected chi connectivity index (χ1v) is 11.9. The summed E-state index contributed by atoms with van der Waals surface area (Å²) in [6.07, 6.45) is 0.0346. The highest BCUT2D eigenvalue weighted by atomic mass is 32.2. The van der Waals surface area contributed by atoms with Gasteiger partial charge in [0.05, 0.1) is 10.1 Å². The molecular formula is C25H24N2O4S. The van der Waals surface area contributed by atoms with Gasteiger partial charge in [-0.3, -0.25) is 9.59 Å². The third-order valence-electron chi connectivity index (χ3n) is 5.78. The van der Waals surface area contributed by atoms with Crippen LogP contribution in [-0.4, -0.2) is 31.0 Å². The van der Waals surface area contributed by atoms with Gasteiger partial charge in [0.25, 0.3) is 5.91 Å². The summed E-state index contributed by atoms with van der Waals surface area (Å²) in [5.74, 6) is -0.791. The largest absolute Gasteiger partial charge is 0.350 e. The highest BCUT2D eigenvalue weighted by Gasteiger charge is 2.55. The molecule has 32 heavy (non-hydrogen) atoms. The lowest BCUT2D eigenvalue weighted by Gasteiger charge is -2.46. The van der Waals surface area contributed by atoms with Gasteiger partial charge in [-0.2, -0.15) is 0 Å². The van der Waals surface area contributed by atoms with Gasteiger partial charge in [-0.25, -0.2) is 8.42 Å². The number of carbonyl (C=O) groups is 2. The van der Waals surface area contributed by atoms with Gasteiger partial charge in [-0.05, 0) is 42.7 Å². The van der Waals surface area contributed by atoms with E-state index in [4.69, 9.17) is 0 Å². The van der Waals surface area contributed by atoms with Crippen LogP contribution in [0.25, 0.3) is 0 Å². The molecule has 7 heteroatoms. The van der Waals surface area contributed by atoms with Gasteiger partial charge in [0.1, 0.15) is 5.54 Å². The number of hydrogen-bond acceptors (Lipinski definition) is 4. The summed E-state index contributed by atoms with van der Waals surface area (Å²) in [6.45, 7) is 0.290. The van der Waals surface area contributed by atoms with E-state index in [1.54, 1.807) is 60.7 Å². The Labute approximate surface area is 187 Å². The Balaban J connectivity index is 1.54. The fourth-order valence-electron chi connectivity index (χ4n) is 3.91. The molecule has 0 saturated heterocycles. The molecule has 0 aromatic heterocycles. The summed E-state index contributed by atoms with van der Waals surface area (Å²) in [7, 11) is -3.61. The van der Waals surface area contributed by atoms with Crippen molar-refractivity contribution in [2.45, 2.75) is 35.1 Å². The second-order valence-electron chi connectivity index (χ2n) is 7.96. The monoisotopic (exact) mass is 448 g/mol. The van der Waals surface area contributed by atoms with Crippen LogP contribution in [0.3, 0.4) is 0 Å². The molecule has 1 saturated carbocycles. The molecule has 1 aliphatic carbocycles. The van der Waals surface area contributed by atoms with E-state index in [1.165, 1.54) is 0 Å². The van der Waals surface area contributed by atoms with E-state index in [0.29, 0.717) is 12.1 Å². The minimum atomic E-state index is -3.61. The van der Waals surface area contributed by atoms with Crippen molar-refractivity contribution in [1.29, 1.82) is 0 Å². The molecule has 0 unspecified atom stereocenters. The molecule has 0 radical (unpaired) electrons. The third-order valence-corrected chi connectivity index (χ3v) is 7.92. The quantitative estimate of drug-likeness (QED) is 0.581. The Hall–Kier alpha value is -3.45. The van der Waals surface area contributed by atoms with E-state index < -0.39 is 26.5 Å². The lowest BCUT2D eigenvalue weighted by molar-refractivity contribution is -0.130. The first-order chi connectivity index (χ1) is 15.4. The molecule has 2 amide bonds. The molecule has 2 N–H and O–H groups in total. The maximum absolute atomic E-state index is 13.2. The average Bonchev–Trinajstić information content (AvgIpc) is 2.81. The molecule has 0 atom stereocenters. The zero-order chi connectivity index (χ0) is 22.6. The topological polar surface area (TPSA) is 92.3 Å². The lowest BCUT2D eigenvalue weighted by Crippen LogP contribution is -2.68. The summed E-state index contributed by atoms with van der Waals surface area (Å²) in [6, 6.07) is 26.2. The Morgan fingerprint density at radius 3 is 1.94 bits per heavy atom. The van der Waals surface area contributed by atoms with Crippen molar-refractivity contribution in [2.24, 2.45) is 0 Å². The molecule has 0 spiro atoms. The van der Waals surface area contributed by atoms with Crippen LogP contribution >= 0.6 is 0 Å². The minimum Gasteiger partial charge on any atom is -0.350 e. The summed E-state index contributed by atoms with van der Waals surface area (Å²) < 4.78 is 26.0. The third kappa shape index (κ3) is 4.43. The van der Waals surface area contributed by atoms with E-state index in [-0.39, 0.29) is 23.6 Å². The SMILES string of the molecule is O=C(NC1(C(=O)NCc2ccccc2)CC(S(=O)(=O)c2ccccc2)C1)c1ccccc1. The Kier molecular flexibility index (Phi) is 6.10. The van der Waals surface area contributed by atoms with Gasteiger partial charge in [0.15, 0.2) is 9.84 Å². The summed E-state index contributed by atoms with van der Waals surface area (Å²) in [5, 5.41) is 4.94. The van der Waals surface area contributed by atoms with Crippen molar-refractivity contribution in [1.82, 2.24) is 10.6 Å². The minimum absolute atomic E-state index is 0.0173. The molecule has 1 fully saturated rings. The number of hydrogen-bond donors (Lipinski definition) is 2. The fraction of sp³-hybridized carbons (Fsp3) is 0.200. The van der Waals surface area contributed by atoms with Crippen LogP contribution < -0.4 is 10.6 Å². The first-order valence-electron chi connectivity index (χ1n) is 10.4. The average molecular weight is 449 g/mol. The molecule has 6 nitrogen and oxygen atoms in total. The van der Waals surface area contributed by atoms with Gasteiger partial charge < -0.3 is 10.6 Å². The number of nitrogens with one attached hydrogen (secondary N) is 2. The van der Waals surface area contributed by atoms with E-state index in [2.05, 4.69) is 10.6 Å². The van der Waals surface area contributed by atoms with Crippen molar-refractivity contribution < 1.29 is 18.0 Å². The summed E-state index contributed by atoms with van der Waals surface area (Å²) in [4.78, 5) is 26.2. The molecule has 0 aliphatic heterocycles. The van der Waals surface area contributed by atoms with Crippen molar-refractivity contribution in [3.8, 4) is 0 Å². The maximum Gasteiger partial charge on any atom is 0.252 e. The smallest absolute Gasteiger partial charge is 0.252 e. The highest BCUT2D eigenvalue weighted by molar-refractivity contribution is 7.92. The normalized spacial score (nSPS) is 20.1. The van der Waals surface area contributed by atoms with Gasteiger partial charge >= 0.3 is 0 Å². The molecule has 3 aromatic carbocycles. The van der Waals surface area contributed by atoms with E-state index in [9.17, 15) is 18.0 Å². The molecule has 0 heterocycles. The van der Waals surface area contributed by atoms with E-state index in [1.807, 2.05) is 30.3 Å². The Morgan fingerprint density at radius 2 is 1.34 bits per heavy atom. The van der Waals surface area contributed by atoms with E-state index in [0.717, 1.165) is 5.56 Å². The molecule has 3 aromatic rings. The van der Waals surface area contributed by atoms with Gasteiger partial charge in [-0.1, -0.05) is 66.7 Å². The highest BCUT2D eigenvalue weighted by Crippen LogP contribution is 2.40. The predicted molar refractivity (Wildman–Crippen MR) is 122 cm³/mol. The zero-order valence-corrected chi connectivity index (χ0v) is 18.2. The standard InChI is InChI=1S/C25H24N2O4S/c28-23(20-12-6-2-7-13-20)27-25(24(29)26-18-19-10-4-1-5-11-19)16-22(17-25)32(30,31)21-14-8-3-9-15-21/h1-15,22H,16-18H2,(H,26,29)(H,27,28). The number of carbonyl (C=O) groups excluding carboxylic acids is 2. The number of sulfone groups is 1. The fourth-order valence-corrected chi connectivity index (χ4v) is 5.84. The van der Waals surface area contributed by atoms with Crippen LogP contribution in [-0.2, 0) is 21.2 Å².